The van der Waals surface area contributed by atoms with Gasteiger partial charge in [-0.3, -0.25) is 4.68 Å². The lowest BCUT2D eigenvalue weighted by Gasteiger charge is -2.15. The Morgan fingerprint density at radius 1 is 1.13 bits per heavy atom. The summed E-state index contributed by atoms with van der Waals surface area (Å²) < 4.78 is 7.80. The van der Waals surface area contributed by atoms with Crippen molar-refractivity contribution in [3.05, 3.63) is 59.8 Å². The van der Waals surface area contributed by atoms with Crippen molar-refractivity contribution in [3.8, 4) is 17.0 Å². The Morgan fingerprint density at radius 2 is 1.90 bits per heavy atom. The van der Waals surface area contributed by atoms with Gasteiger partial charge in [-0.25, -0.2) is 4.79 Å². The Kier molecular flexibility index (Phi) is 7.32. The zero-order valence-electron chi connectivity index (χ0n) is 17.4. The first-order valence-electron chi connectivity index (χ1n) is 9.66. The molecule has 7 nitrogen and oxygen atoms in total. The zero-order chi connectivity index (χ0) is 21.5. The van der Waals surface area contributed by atoms with Gasteiger partial charge in [0.1, 0.15) is 5.75 Å². The van der Waals surface area contributed by atoms with Crippen LogP contribution in [0.25, 0.3) is 11.3 Å². The molecular formula is C22H26ClN5O2. The number of anilines is 2. The van der Waals surface area contributed by atoms with Crippen LogP contribution in [0.15, 0.2) is 54.7 Å². The van der Waals surface area contributed by atoms with Gasteiger partial charge in [0.2, 0.25) is 0 Å². The van der Waals surface area contributed by atoms with Gasteiger partial charge >= 0.3 is 6.03 Å². The minimum Gasteiger partial charge on any atom is -0.493 e. The summed E-state index contributed by atoms with van der Waals surface area (Å²) in [5, 5.41) is 10.4. The van der Waals surface area contributed by atoms with Crippen LogP contribution in [0.4, 0.5) is 16.2 Å². The molecule has 0 atom stereocenters. The molecule has 0 spiro atoms. The molecular weight excluding hydrogens is 402 g/mol. The first kappa shape index (κ1) is 21.7. The number of aromatic nitrogens is 2. The summed E-state index contributed by atoms with van der Waals surface area (Å²) in [5.74, 6) is 0.748. The maximum atomic E-state index is 12.4. The fraction of sp³-hybridized carbons (Fsp3) is 0.273. The highest BCUT2D eigenvalue weighted by molar-refractivity contribution is 6.30. The molecule has 2 N–H and O–H groups in total. The number of ether oxygens (including phenoxy) is 1. The molecule has 0 bridgehead atoms. The van der Waals surface area contributed by atoms with Gasteiger partial charge in [0.25, 0.3) is 0 Å². The van der Waals surface area contributed by atoms with Crippen LogP contribution in [-0.4, -0.2) is 48.0 Å². The number of hydrogen-bond acceptors (Lipinski definition) is 4. The molecule has 0 aliphatic rings. The predicted molar refractivity (Wildman–Crippen MR) is 121 cm³/mol. The Bertz CT molecular complexity index is 1000. The van der Waals surface area contributed by atoms with E-state index in [-0.39, 0.29) is 6.03 Å². The lowest BCUT2D eigenvalue weighted by atomic mass is 10.1. The summed E-state index contributed by atoms with van der Waals surface area (Å²) in [6.07, 6.45) is 2.65. The number of carbonyl (C=O) groups excluding carboxylic acids is 1. The molecule has 3 aromatic rings. The Labute approximate surface area is 181 Å². The summed E-state index contributed by atoms with van der Waals surface area (Å²) in [4.78, 5) is 14.5. The van der Waals surface area contributed by atoms with E-state index in [4.69, 9.17) is 16.3 Å². The van der Waals surface area contributed by atoms with E-state index in [0.717, 1.165) is 30.0 Å². The van der Waals surface area contributed by atoms with E-state index in [1.54, 1.807) is 35.1 Å². The van der Waals surface area contributed by atoms with E-state index in [2.05, 4.69) is 20.6 Å². The standard InChI is InChI=1S/C22H26ClN5O2/c1-27(2)12-5-13-30-21-9-8-18(15-19(21)20-10-11-24-28(20)3)26-22(29)25-17-7-4-6-16(23)14-17/h4,6-11,14-15H,5,12-13H2,1-3H3,(H2,25,26,29). The van der Waals surface area contributed by atoms with Crippen molar-refractivity contribution in [2.75, 3.05) is 37.9 Å². The van der Waals surface area contributed by atoms with Crippen molar-refractivity contribution in [2.24, 2.45) is 7.05 Å². The maximum absolute atomic E-state index is 12.4. The molecule has 1 heterocycles. The first-order chi connectivity index (χ1) is 14.4. The zero-order valence-corrected chi connectivity index (χ0v) is 18.1. The van der Waals surface area contributed by atoms with Crippen LogP contribution in [0.2, 0.25) is 5.02 Å². The number of halogens is 1. The quantitative estimate of drug-likeness (QED) is 0.510. The highest BCUT2D eigenvalue weighted by atomic mass is 35.5. The number of nitrogens with one attached hydrogen (secondary N) is 2. The number of nitrogens with zero attached hydrogens (tertiary/aromatic N) is 3. The lowest BCUT2D eigenvalue weighted by Crippen LogP contribution is -2.19. The van der Waals surface area contributed by atoms with E-state index in [1.165, 1.54) is 0 Å². The largest absolute Gasteiger partial charge is 0.493 e. The molecule has 0 radical (unpaired) electrons. The average molecular weight is 428 g/mol. The average Bonchev–Trinajstić information content (AvgIpc) is 3.11. The van der Waals surface area contributed by atoms with Crippen molar-refractivity contribution in [1.82, 2.24) is 14.7 Å². The molecule has 1 aromatic heterocycles. The Balaban J connectivity index is 1.75. The van der Waals surface area contributed by atoms with Gasteiger partial charge in [0.15, 0.2) is 0 Å². The minimum atomic E-state index is -0.354. The van der Waals surface area contributed by atoms with E-state index in [9.17, 15) is 4.79 Å². The number of amides is 2. The molecule has 158 valence electrons. The third-order valence-corrected chi connectivity index (χ3v) is 4.66. The van der Waals surface area contributed by atoms with Gasteiger partial charge < -0.3 is 20.3 Å². The summed E-state index contributed by atoms with van der Waals surface area (Å²) in [6, 6.07) is 14.1. The second-order valence-electron chi connectivity index (χ2n) is 7.15. The van der Waals surface area contributed by atoms with E-state index < -0.39 is 0 Å². The van der Waals surface area contributed by atoms with E-state index in [1.807, 2.05) is 45.4 Å². The first-order valence-corrected chi connectivity index (χ1v) is 10.0. The molecule has 0 fully saturated rings. The number of carbonyl (C=O) groups is 1. The SMILES string of the molecule is CN(C)CCCOc1ccc(NC(=O)Nc2cccc(Cl)c2)cc1-c1ccnn1C. The molecule has 2 aromatic carbocycles. The van der Waals surface area contributed by atoms with Crippen LogP contribution in [0.3, 0.4) is 0 Å². The van der Waals surface area contributed by atoms with Gasteiger partial charge in [-0.05, 0) is 63.0 Å². The number of rotatable bonds is 8. The summed E-state index contributed by atoms with van der Waals surface area (Å²) in [7, 11) is 5.95. The fourth-order valence-corrected chi connectivity index (χ4v) is 3.18. The molecule has 3 rings (SSSR count). The van der Waals surface area contributed by atoms with Crippen LogP contribution in [0.1, 0.15) is 6.42 Å². The Hall–Kier alpha value is -3.03. The molecule has 0 saturated heterocycles. The molecule has 0 aliphatic carbocycles. The van der Waals surface area contributed by atoms with Crippen LogP contribution < -0.4 is 15.4 Å². The van der Waals surface area contributed by atoms with Crippen molar-refractivity contribution >= 4 is 29.0 Å². The van der Waals surface area contributed by atoms with Crippen LogP contribution in [0, 0.1) is 0 Å². The van der Waals surface area contributed by atoms with Gasteiger partial charge in [0, 0.05) is 41.8 Å². The summed E-state index contributed by atoms with van der Waals surface area (Å²) in [5.41, 5.74) is 3.02. The van der Waals surface area contributed by atoms with Crippen LogP contribution in [-0.2, 0) is 7.05 Å². The van der Waals surface area contributed by atoms with Gasteiger partial charge in [-0.1, -0.05) is 17.7 Å². The fourth-order valence-electron chi connectivity index (χ4n) is 2.99. The Morgan fingerprint density at radius 3 is 2.57 bits per heavy atom. The van der Waals surface area contributed by atoms with Gasteiger partial charge in [0.05, 0.1) is 12.3 Å². The monoisotopic (exact) mass is 427 g/mol. The number of aryl methyl sites for hydroxylation is 1. The number of hydrogen-bond donors (Lipinski definition) is 2. The molecule has 0 unspecified atom stereocenters. The molecule has 0 saturated carbocycles. The molecule has 8 heteroatoms. The predicted octanol–water partition coefficient (Wildman–Crippen LogP) is 4.72. The third-order valence-electron chi connectivity index (χ3n) is 4.42. The number of benzene rings is 2. The number of urea groups is 1. The third kappa shape index (κ3) is 5.98. The molecule has 0 aliphatic heterocycles. The highest BCUT2D eigenvalue weighted by Gasteiger charge is 2.13. The van der Waals surface area contributed by atoms with Crippen molar-refractivity contribution in [3.63, 3.8) is 0 Å². The molecule has 30 heavy (non-hydrogen) atoms. The van der Waals surface area contributed by atoms with Crippen molar-refractivity contribution in [2.45, 2.75) is 6.42 Å². The molecule has 2 amide bonds. The smallest absolute Gasteiger partial charge is 0.323 e. The summed E-state index contributed by atoms with van der Waals surface area (Å²) in [6.45, 7) is 1.55. The lowest BCUT2D eigenvalue weighted by molar-refractivity contribution is 0.262. The normalized spacial score (nSPS) is 10.8. The van der Waals surface area contributed by atoms with Crippen LogP contribution >= 0.6 is 11.6 Å². The maximum Gasteiger partial charge on any atom is 0.323 e. The van der Waals surface area contributed by atoms with Crippen molar-refractivity contribution in [1.29, 1.82) is 0 Å². The highest BCUT2D eigenvalue weighted by Crippen LogP contribution is 2.32. The van der Waals surface area contributed by atoms with E-state index in [0.29, 0.717) is 23.0 Å². The second-order valence-corrected chi connectivity index (χ2v) is 7.58. The summed E-state index contributed by atoms with van der Waals surface area (Å²) >= 11 is 5.97. The van der Waals surface area contributed by atoms with Crippen molar-refractivity contribution < 1.29 is 9.53 Å². The van der Waals surface area contributed by atoms with E-state index >= 15 is 0 Å². The van der Waals surface area contributed by atoms with Gasteiger partial charge in [-0.15, -0.1) is 0 Å². The van der Waals surface area contributed by atoms with Gasteiger partial charge in [-0.2, -0.15) is 5.10 Å². The topological polar surface area (TPSA) is 71.4 Å². The van der Waals surface area contributed by atoms with Crippen LogP contribution in [0.5, 0.6) is 5.75 Å². The minimum absolute atomic E-state index is 0.354. The second kappa shape index (κ2) is 10.1.